The quantitative estimate of drug-likeness (QED) is 0.849. The molecular formula is C16H28N2O. The Hall–Kier alpha value is -0.570. The number of fused-ring (bicyclic) bond motifs is 2. The van der Waals surface area contributed by atoms with Gasteiger partial charge in [0.2, 0.25) is 5.91 Å². The minimum atomic E-state index is -0.301. The molecule has 3 heteroatoms. The predicted molar refractivity (Wildman–Crippen MR) is 76.8 cm³/mol. The van der Waals surface area contributed by atoms with Crippen molar-refractivity contribution in [3.63, 3.8) is 0 Å². The summed E-state index contributed by atoms with van der Waals surface area (Å²) in [6.07, 6.45) is 9.03. The second kappa shape index (κ2) is 5.08. The van der Waals surface area contributed by atoms with Gasteiger partial charge < -0.3 is 10.2 Å². The Kier molecular flexibility index (Phi) is 3.59. The Morgan fingerprint density at radius 2 is 2.16 bits per heavy atom. The Bertz CT molecular complexity index is 349. The summed E-state index contributed by atoms with van der Waals surface area (Å²) in [5, 5.41) is 3.44. The number of likely N-dealkylation sites (N-methyl/N-ethyl adjacent to an activating group) is 1. The summed E-state index contributed by atoms with van der Waals surface area (Å²) in [6, 6.07) is 0. The van der Waals surface area contributed by atoms with Gasteiger partial charge >= 0.3 is 0 Å². The van der Waals surface area contributed by atoms with E-state index in [0.717, 1.165) is 37.3 Å². The third-order valence-corrected chi connectivity index (χ3v) is 5.83. The molecule has 3 nitrogen and oxygen atoms in total. The first-order valence-electron chi connectivity index (χ1n) is 8.09. The molecule has 2 aliphatic carbocycles. The normalized spacial score (nSPS) is 41.5. The Morgan fingerprint density at radius 1 is 1.32 bits per heavy atom. The molecule has 19 heavy (non-hydrogen) atoms. The smallest absolute Gasteiger partial charge is 0.242 e. The molecule has 2 saturated carbocycles. The fourth-order valence-corrected chi connectivity index (χ4v) is 4.69. The summed E-state index contributed by atoms with van der Waals surface area (Å²) >= 11 is 0. The zero-order valence-electron chi connectivity index (χ0n) is 12.5. The number of carbonyl (C=O) groups is 1. The highest BCUT2D eigenvalue weighted by molar-refractivity contribution is 5.85. The van der Waals surface area contributed by atoms with Crippen LogP contribution in [0.2, 0.25) is 0 Å². The number of rotatable bonds is 3. The summed E-state index contributed by atoms with van der Waals surface area (Å²) in [5.41, 5.74) is -0.301. The summed E-state index contributed by atoms with van der Waals surface area (Å²) in [7, 11) is 2.01. The molecule has 4 unspecified atom stereocenters. The van der Waals surface area contributed by atoms with Gasteiger partial charge in [0.15, 0.2) is 0 Å². The minimum Gasteiger partial charge on any atom is -0.344 e. The first kappa shape index (κ1) is 13.4. The second-order valence-electron chi connectivity index (χ2n) is 7.34. The molecule has 0 aromatic carbocycles. The van der Waals surface area contributed by atoms with Gasteiger partial charge in [0.25, 0.3) is 0 Å². The number of hydrogen-bond acceptors (Lipinski definition) is 2. The largest absolute Gasteiger partial charge is 0.344 e. The zero-order chi connectivity index (χ0) is 13.5. The van der Waals surface area contributed by atoms with Crippen LogP contribution in [0.5, 0.6) is 0 Å². The van der Waals surface area contributed by atoms with Crippen LogP contribution in [0.25, 0.3) is 0 Å². The Morgan fingerprint density at radius 3 is 2.74 bits per heavy atom. The Balaban J connectivity index is 1.57. The molecule has 1 heterocycles. The van der Waals surface area contributed by atoms with Crippen LogP contribution >= 0.6 is 0 Å². The molecule has 0 spiro atoms. The topological polar surface area (TPSA) is 32.3 Å². The summed E-state index contributed by atoms with van der Waals surface area (Å²) in [4.78, 5) is 14.7. The van der Waals surface area contributed by atoms with Crippen LogP contribution < -0.4 is 5.32 Å². The van der Waals surface area contributed by atoms with E-state index in [1.54, 1.807) is 0 Å². The van der Waals surface area contributed by atoms with Crippen LogP contribution in [-0.2, 0) is 4.79 Å². The molecule has 2 bridgehead atoms. The van der Waals surface area contributed by atoms with Gasteiger partial charge in [0.05, 0.1) is 5.54 Å². The fourth-order valence-electron chi connectivity index (χ4n) is 4.69. The zero-order valence-corrected chi connectivity index (χ0v) is 12.5. The van der Waals surface area contributed by atoms with Crippen LogP contribution in [-0.4, -0.2) is 36.5 Å². The molecule has 0 aromatic heterocycles. The van der Waals surface area contributed by atoms with E-state index in [-0.39, 0.29) is 5.54 Å². The summed E-state index contributed by atoms with van der Waals surface area (Å²) < 4.78 is 0. The number of hydrogen-bond donors (Lipinski definition) is 1. The molecule has 108 valence electrons. The van der Waals surface area contributed by atoms with Crippen molar-refractivity contribution in [3.05, 3.63) is 0 Å². The number of piperidine rings is 1. The van der Waals surface area contributed by atoms with Crippen molar-refractivity contribution in [2.75, 3.05) is 20.1 Å². The van der Waals surface area contributed by atoms with Gasteiger partial charge in [-0.2, -0.15) is 0 Å². The van der Waals surface area contributed by atoms with E-state index in [1.165, 1.54) is 38.5 Å². The van der Waals surface area contributed by atoms with Crippen LogP contribution in [0.4, 0.5) is 0 Å². The highest BCUT2D eigenvalue weighted by Crippen LogP contribution is 2.48. The van der Waals surface area contributed by atoms with Gasteiger partial charge in [0, 0.05) is 13.6 Å². The molecule has 1 aliphatic heterocycles. The lowest BCUT2D eigenvalue weighted by atomic mass is 9.86. The summed E-state index contributed by atoms with van der Waals surface area (Å²) in [6.45, 7) is 4.06. The van der Waals surface area contributed by atoms with E-state index in [9.17, 15) is 4.79 Å². The standard InChI is InChI=1S/C16H28N2O/c1-16(7-3-4-8-17-16)15(19)18(2)11-14-10-12-5-6-13(14)9-12/h12-14,17H,3-11H2,1-2H3. The number of amides is 1. The molecule has 4 atom stereocenters. The van der Waals surface area contributed by atoms with Gasteiger partial charge in [-0.3, -0.25) is 4.79 Å². The lowest BCUT2D eigenvalue weighted by Gasteiger charge is -2.38. The van der Waals surface area contributed by atoms with Crippen LogP contribution in [0.15, 0.2) is 0 Å². The minimum absolute atomic E-state index is 0.301. The lowest BCUT2D eigenvalue weighted by molar-refractivity contribution is -0.138. The first-order valence-corrected chi connectivity index (χ1v) is 8.09. The van der Waals surface area contributed by atoms with Gasteiger partial charge in [-0.25, -0.2) is 0 Å². The van der Waals surface area contributed by atoms with Crippen molar-refractivity contribution in [1.29, 1.82) is 0 Å². The highest BCUT2D eigenvalue weighted by Gasteiger charge is 2.42. The first-order chi connectivity index (χ1) is 9.08. The van der Waals surface area contributed by atoms with Crippen LogP contribution in [0.1, 0.15) is 51.9 Å². The average Bonchev–Trinajstić information content (AvgIpc) is 3.01. The van der Waals surface area contributed by atoms with Crippen molar-refractivity contribution in [2.45, 2.75) is 57.4 Å². The van der Waals surface area contributed by atoms with Crippen LogP contribution in [0, 0.1) is 17.8 Å². The number of carbonyl (C=O) groups excluding carboxylic acids is 1. The van der Waals surface area contributed by atoms with E-state index < -0.39 is 0 Å². The molecule has 0 radical (unpaired) electrons. The predicted octanol–water partition coefficient (Wildman–Crippen LogP) is 2.41. The molecule has 1 saturated heterocycles. The third-order valence-electron chi connectivity index (χ3n) is 5.83. The van der Waals surface area contributed by atoms with E-state index in [4.69, 9.17) is 0 Å². The lowest BCUT2D eigenvalue weighted by Crippen LogP contribution is -2.57. The third kappa shape index (κ3) is 2.54. The number of nitrogens with one attached hydrogen (secondary N) is 1. The van der Waals surface area contributed by atoms with E-state index in [1.807, 2.05) is 11.9 Å². The average molecular weight is 264 g/mol. The second-order valence-corrected chi connectivity index (χ2v) is 7.34. The molecule has 1 N–H and O–H groups in total. The van der Waals surface area contributed by atoms with Gasteiger partial charge in [-0.1, -0.05) is 6.42 Å². The van der Waals surface area contributed by atoms with Gasteiger partial charge in [0.1, 0.15) is 0 Å². The SMILES string of the molecule is CN(CC1CC2CCC1C2)C(=O)C1(C)CCCCN1. The van der Waals surface area contributed by atoms with Crippen molar-refractivity contribution in [3.8, 4) is 0 Å². The van der Waals surface area contributed by atoms with Gasteiger partial charge in [-0.05, 0) is 69.7 Å². The molecule has 3 aliphatic rings. The maximum Gasteiger partial charge on any atom is 0.242 e. The maximum absolute atomic E-state index is 12.7. The fraction of sp³-hybridized carbons (Fsp3) is 0.938. The van der Waals surface area contributed by atoms with Gasteiger partial charge in [-0.15, -0.1) is 0 Å². The van der Waals surface area contributed by atoms with E-state index in [0.29, 0.717) is 5.91 Å². The number of nitrogens with zero attached hydrogens (tertiary/aromatic N) is 1. The van der Waals surface area contributed by atoms with Crippen molar-refractivity contribution >= 4 is 5.91 Å². The molecule has 1 amide bonds. The van der Waals surface area contributed by atoms with Crippen LogP contribution in [0.3, 0.4) is 0 Å². The van der Waals surface area contributed by atoms with Crippen molar-refractivity contribution in [2.24, 2.45) is 17.8 Å². The summed E-state index contributed by atoms with van der Waals surface area (Å²) in [5.74, 6) is 2.98. The van der Waals surface area contributed by atoms with Crippen molar-refractivity contribution in [1.82, 2.24) is 10.2 Å². The molecule has 3 fully saturated rings. The maximum atomic E-state index is 12.7. The molecule has 0 aromatic rings. The molecular weight excluding hydrogens is 236 g/mol. The van der Waals surface area contributed by atoms with Crippen molar-refractivity contribution < 1.29 is 4.79 Å². The molecule has 3 rings (SSSR count). The highest BCUT2D eigenvalue weighted by atomic mass is 16.2. The Labute approximate surface area is 117 Å². The monoisotopic (exact) mass is 264 g/mol. The van der Waals surface area contributed by atoms with E-state index >= 15 is 0 Å². The van der Waals surface area contributed by atoms with E-state index in [2.05, 4.69) is 12.2 Å².